The summed E-state index contributed by atoms with van der Waals surface area (Å²) in [6.45, 7) is 9.43. The van der Waals surface area contributed by atoms with Crippen molar-refractivity contribution >= 4 is 11.7 Å². The maximum atomic E-state index is 12.9. The van der Waals surface area contributed by atoms with Crippen molar-refractivity contribution in [3.63, 3.8) is 0 Å². The van der Waals surface area contributed by atoms with Gasteiger partial charge in [0.25, 0.3) is 0 Å². The third kappa shape index (κ3) is 6.17. The zero-order valence-corrected chi connectivity index (χ0v) is 17.0. The highest BCUT2D eigenvalue weighted by Crippen LogP contribution is 2.34. The predicted molar refractivity (Wildman–Crippen MR) is 110 cm³/mol. The van der Waals surface area contributed by atoms with Crippen molar-refractivity contribution in [3.8, 4) is 0 Å². The van der Waals surface area contributed by atoms with Crippen LogP contribution < -0.4 is 5.32 Å². The van der Waals surface area contributed by atoms with E-state index in [1.807, 2.05) is 35.2 Å². The molecule has 2 amide bonds. The van der Waals surface area contributed by atoms with Crippen molar-refractivity contribution in [1.29, 1.82) is 0 Å². The fourth-order valence-corrected chi connectivity index (χ4v) is 4.00. The van der Waals surface area contributed by atoms with Crippen molar-refractivity contribution in [2.45, 2.75) is 33.6 Å². The van der Waals surface area contributed by atoms with Gasteiger partial charge in [0.05, 0.1) is 0 Å². The third-order valence-electron chi connectivity index (χ3n) is 5.37. The van der Waals surface area contributed by atoms with Gasteiger partial charge in [-0.1, -0.05) is 43.7 Å². The van der Waals surface area contributed by atoms with Crippen LogP contribution in [0.4, 0.5) is 10.5 Å². The number of nitrogens with zero attached hydrogens (tertiary/aromatic N) is 2. The maximum absolute atomic E-state index is 12.9. The molecule has 0 unspecified atom stereocenters. The summed E-state index contributed by atoms with van der Waals surface area (Å²) in [5, 5.41) is 3.07. The van der Waals surface area contributed by atoms with Gasteiger partial charge >= 0.3 is 6.03 Å². The number of amides is 2. The van der Waals surface area contributed by atoms with Crippen molar-refractivity contribution in [2.24, 2.45) is 17.8 Å². The van der Waals surface area contributed by atoms with Gasteiger partial charge in [0, 0.05) is 18.8 Å². The van der Waals surface area contributed by atoms with Crippen molar-refractivity contribution in [3.05, 3.63) is 42.0 Å². The van der Waals surface area contributed by atoms with Crippen LogP contribution in [0.15, 0.2) is 42.0 Å². The van der Waals surface area contributed by atoms with Gasteiger partial charge in [-0.05, 0) is 70.3 Å². The Hall–Kier alpha value is -1.81. The van der Waals surface area contributed by atoms with E-state index in [1.54, 1.807) is 0 Å². The van der Waals surface area contributed by atoms with Gasteiger partial charge in [-0.25, -0.2) is 4.79 Å². The maximum Gasteiger partial charge on any atom is 0.321 e. The lowest BCUT2D eigenvalue weighted by Crippen LogP contribution is -2.43. The normalized spacial score (nSPS) is 22.8. The van der Waals surface area contributed by atoms with Crippen molar-refractivity contribution in [2.75, 3.05) is 39.0 Å². The van der Waals surface area contributed by atoms with Crippen LogP contribution in [0.5, 0.6) is 0 Å². The molecular weight excluding hydrogens is 322 g/mol. The lowest BCUT2D eigenvalue weighted by Gasteiger charge is -2.37. The molecule has 26 heavy (non-hydrogen) atoms. The van der Waals surface area contributed by atoms with Crippen LogP contribution in [-0.4, -0.2) is 49.6 Å². The molecule has 1 N–H and O–H groups in total. The molecule has 0 fully saturated rings. The number of nitrogens with one attached hydrogen (secondary N) is 1. The second-order valence-electron chi connectivity index (χ2n) is 8.12. The molecule has 3 atom stereocenters. The first-order chi connectivity index (χ1) is 12.4. The van der Waals surface area contributed by atoms with E-state index in [1.165, 1.54) is 5.57 Å². The van der Waals surface area contributed by atoms with E-state index in [9.17, 15) is 4.79 Å². The SMILES string of the molecule is CC1=C[C@H](C)[C@H](CN(CCCN(C)C)C(=O)Nc2ccccc2)[C@H](C)C1. The molecule has 1 aromatic rings. The molecule has 0 spiro atoms. The van der Waals surface area contributed by atoms with Gasteiger partial charge in [0.2, 0.25) is 0 Å². The Labute approximate surface area is 159 Å². The topological polar surface area (TPSA) is 35.6 Å². The van der Waals surface area contributed by atoms with Gasteiger partial charge in [0.1, 0.15) is 0 Å². The molecule has 0 bridgehead atoms. The van der Waals surface area contributed by atoms with Gasteiger partial charge in [-0.15, -0.1) is 0 Å². The van der Waals surface area contributed by atoms with Gasteiger partial charge in [-0.3, -0.25) is 0 Å². The van der Waals surface area contributed by atoms with Gasteiger partial charge in [-0.2, -0.15) is 0 Å². The molecule has 1 aromatic carbocycles. The number of para-hydroxylation sites is 1. The first kappa shape index (κ1) is 20.5. The summed E-state index contributed by atoms with van der Waals surface area (Å²) >= 11 is 0. The Balaban J connectivity index is 2.06. The summed E-state index contributed by atoms with van der Waals surface area (Å²) in [5.74, 6) is 1.63. The summed E-state index contributed by atoms with van der Waals surface area (Å²) in [7, 11) is 4.15. The lowest BCUT2D eigenvalue weighted by molar-refractivity contribution is 0.165. The number of hydrogen-bond donors (Lipinski definition) is 1. The number of urea groups is 1. The van der Waals surface area contributed by atoms with Crippen LogP contribution in [0.2, 0.25) is 0 Å². The molecule has 1 aliphatic rings. The molecule has 0 radical (unpaired) electrons. The molecule has 0 aliphatic heterocycles. The number of benzene rings is 1. The van der Waals surface area contributed by atoms with Crippen molar-refractivity contribution in [1.82, 2.24) is 9.80 Å². The zero-order chi connectivity index (χ0) is 19.1. The van der Waals surface area contributed by atoms with E-state index >= 15 is 0 Å². The Morgan fingerprint density at radius 2 is 1.85 bits per heavy atom. The Kier molecular flexibility index (Phi) is 7.70. The molecule has 1 aliphatic carbocycles. The molecule has 0 saturated heterocycles. The molecular formula is C22H35N3O. The molecule has 0 heterocycles. The highest BCUT2D eigenvalue weighted by Gasteiger charge is 2.30. The Morgan fingerprint density at radius 3 is 2.46 bits per heavy atom. The summed E-state index contributed by atoms with van der Waals surface area (Å²) in [4.78, 5) is 17.1. The van der Waals surface area contributed by atoms with E-state index in [4.69, 9.17) is 0 Å². The van der Waals surface area contributed by atoms with Crippen LogP contribution in [0.3, 0.4) is 0 Å². The van der Waals surface area contributed by atoms with Crippen molar-refractivity contribution < 1.29 is 4.79 Å². The summed E-state index contributed by atoms with van der Waals surface area (Å²) in [6, 6.07) is 9.75. The van der Waals surface area contributed by atoms with Gasteiger partial charge in [0.15, 0.2) is 0 Å². The van der Waals surface area contributed by atoms with Crippen LogP contribution >= 0.6 is 0 Å². The third-order valence-corrected chi connectivity index (χ3v) is 5.37. The molecule has 2 rings (SSSR count). The monoisotopic (exact) mass is 357 g/mol. The Morgan fingerprint density at radius 1 is 1.15 bits per heavy atom. The molecule has 0 saturated carbocycles. The second kappa shape index (κ2) is 9.77. The van der Waals surface area contributed by atoms with Crippen LogP contribution in [0.25, 0.3) is 0 Å². The quantitative estimate of drug-likeness (QED) is 0.717. The minimum atomic E-state index is 0.0145. The minimum absolute atomic E-state index is 0.0145. The summed E-state index contributed by atoms with van der Waals surface area (Å²) in [5.41, 5.74) is 2.34. The predicted octanol–water partition coefficient (Wildman–Crippen LogP) is 4.71. The zero-order valence-electron chi connectivity index (χ0n) is 17.0. The first-order valence-electron chi connectivity index (χ1n) is 9.79. The van der Waals surface area contributed by atoms with Gasteiger partial charge < -0.3 is 15.1 Å². The number of carbonyl (C=O) groups excluding carboxylic acids is 1. The molecule has 4 nitrogen and oxygen atoms in total. The fourth-order valence-electron chi connectivity index (χ4n) is 4.00. The van der Waals surface area contributed by atoms with E-state index in [2.05, 4.69) is 51.2 Å². The smallest absolute Gasteiger partial charge is 0.321 e. The highest BCUT2D eigenvalue weighted by molar-refractivity contribution is 5.89. The van der Waals surface area contributed by atoms with Crippen LogP contribution in [-0.2, 0) is 0 Å². The average Bonchev–Trinajstić information content (AvgIpc) is 2.56. The molecule has 144 valence electrons. The Bertz CT molecular complexity index is 597. The molecule has 4 heteroatoms. The average molecular weight is 358 g/mol. The molecule has 0 aromatic heterocycles. The number of anilines is 1. The standard InChI is InChI=1S/C22H35N3O/c1-17-14-18(2)21(19(3)15-17)16-25(13-9-12-24(4)5)22(26)23-20-10-7-6-8-11-20/h6-8,10-11,14,18-19,21H,9,12-13,15-16H2,1-5H3,(H,23,26)/t18-,19+,21-/m0/s1. The highest BCUT2D eigenvalue weighted by atomic mass is 16.2. The van der Waals surface area contributed by atoms with E-state index in [-0.39, 0.29) is 6.03 Å². The van der Waals surface area contributed by atoms with E-state index in [0.717, 1.165) is 38.2 Å². The number of rotatable bonds is 7. The second-order valence-corrected chi connectivity index (χ2v) is 8.12. The number of carbonyl (C=O) groups is 1. The summed E-state index contributed by atoms with van der Waals surface area (Å²) in [6.07, 6.45) is 4.51. The number of hydrogen-bond acceptors (Lipinski definition) is 2. The summed E-state index contributed by atoms with van der Waals surface area (Å²) < 4.78 is 0. The van der Waals surface area contributed by atoms with Crippen LogP contribution in [0, 0.1) is 17.8 Å². The van der Waals surface area contributed by atoms with Crippen LogP contribution in [0.1, 0.15) is 33.6 Å². The fraction of sp³-hybridized carbons (Fsp3) is 0.591. The first-order valence-corrected chi connectivity index (χ1v) is 9.79. The lowest BCUT2D eigenvalue weighted by atomic mass is 9.75. The minimum Gasteiger partial charge on any atom is -0.324 e. The largest absolute Gasteiger partial charge is 0.324 e. The number of allylic oxidation sites excluding steroid dienone is 2. The van der Waals surface area contributed by atoms with E-state index in [0.29, 0.717) is 17.8 Å². The van der Waals surface area contributed by atoms with E-state index < -0.39 is 0 Å².